The highest BCUT2D eigenvalue weighted by molar-refractivity contribution is 5.23. The Balaban J connectivity index is 3.14. The van der Waals surface area contributed by atoms with Gasteiger partial charge in [0.25, 0.3) is 0 Å². The first kappa shape index (κ1) is 18.1. The summed E-state index contributed by atoms with van der Waals surface area (Å²) in [5, 5.41) is 0. The number of rotatable bonds is 8. The fourth-order valence-electron chi connectivity index (χ4n) is 3.01. The van der Waals surface area contributed by atoms with E-state index in [1.807, 2.05) is 12.1 Å². The number of halogens is 1. The van der Waals surface area contributed by atoms with Crippen molar-refractivity contribution in [2.45, 2.75) is 45.3 Å². The van der Waals surface area contributed by atoms with Crippen molar-refractivity contribution in [1.29, 1.82) is 0 Å². The van der Waals surface area contributed by atoms with Gasteiger partial charge in [0.15, 0.2) is 0 Å². The monoisotopic (exact) mass is 295 g/mol. The summed E-state index contributed by atoms with van der Waals surface area (Å²) in [6.07, 6.45) is 0.824. The zero-order valence-corrected chi connectivity index (χ0v) is 14.0. The van der Waals surface area contributed by atoms with Gasteiger partial charge >= 0.3 is 0 Å². The van der Waals surface area contributed by atoms with Crippen molar-refractivity contribution in [3.8, 4) is 0 Å². The summed E-state index contributed by atoms with van der Waals surface area (Å²) in [7, 11) is 4.12. The number of nitrogens with two attached hydrogens (primary N) is 1. The Morgan fingerprint density at radius 2 is 1.81 bits per heavy atom. The Hall–Kier alpha value is -0.970. The van der Waals surface area contributed by atoms with Gasteiger partial charge in [-0.15, -0.1) is 0 Å². The number of hydrogen-bond donors (Lipinski definition) is 1. The first-order valence-electron chi connectivity index (χ1n) is 7.82. The molecule has 0 aliphatic rings. The molecule has 3 nitrogen and oxygen atoms in total. The van der Waals surface area contributed by atoms with Crippen LogP contribution in [0.5, 0.6) is 0 Å². The fourth-order valence-corrected chi connectivity index (χ4v) is 3.01. The Kier molecular flexibility index (Phi) is 7.29. The fraction of sp³-hybridized carbons (Fsp3) is 0.647. The van der Waals surface area contributed by atoms with Crippen LogP contribution in [0.2, 0.25) is 0 Å². The van der Waals surface area contributed by atoms with Crippen molar-refractivity contribution < 1.29 is 4.39 Å². The molecule has 3 atom stereocenters. The van der Waals surface area contributed by atoms with E-state index in [0.717, 1.165) is 19.5 Å². The molecular weight excluding hydrogens is 265 g/mol. The molecule has 120 valence electrons. The molecule has 1 rings (SSSR count). The molecule has 4 heteroatoms. The van der Waals surface area contributed by atoms with Crippen LogP contribution < -0.4 is 5.73 Å². The second-order valence-electron chi connectivity index (χ2n) is 5.98. The van der Waals surface area contributed by atoms with Gasteiger partial charge in [0.2, 0.25) is 0 Å². The van der Waals surface area contributed by atoms with Crippen LogP contribution in [0.3, 0.4) is 0 Å². The minimum Gasteiger partial charge on any atom is -0.326 e. The lowest BCUT2D eigenvalue weighted by Crippen LogP contribution is -2.48. The molecule has 0 aromatic heterocycles. The quantitative estimate of drug-likeness (QED) is 0.800. The second kappa shape index (κ2) is 8.47. The van der Waals surface area contributed by atoms with Gasteiger partial charge in [0.1, 0.15) is 5.82 Å². The molecule has 0 aliphatic carbocycles. The summed E-state index contributed by atoms with van der Waals surface area (Å²) < 4.78 is 14.3. The summed E-state index contributed by atoms with van der Waals surface area (Å²) in [6.45, 7) is 8.13. The van der Waals surface area contributed by atoms with Gasteiger partial charge < -0.3 is 10.6 Å². The summed E-state index contributed by atoms with van der Waals surface area (Å²) in [5.74, 6) is -0.165. The van der Waals surface area contributed by atoms with E-state index in [0.29, 0.717) is 11.6 Å². The van der Waals surface area contributed by atoms with E-state index >= 15 is 0 Å². The third kappa shape index (κ3) is 4.77. The van der Waals surface area contributed by atoms with Crippen LogP contribution in [-0.4, -0.2) is 49.1 Å². The van der Waals surface area contributed by atoms with Crippen LogP contribution in [0.15, 0.2) is 24.3 Å². The largest absolute Gasteiger partial charge is 0.326 e. The minimum atomic E-state index is -0.165. The average molecular weight is 295 g/mol. The molecule has 1 aromatic carbocycles. The Labute approximate surface area is 128 Å². The van der Waals surface area contributed by atoms with Gasteiger partial charge in [0.05, 0.1) is 6.04 Å². The van der Waals surface area contributed by atoms with Crippen LogP contribution in [0, 0.1) is 5.82 Å². The molecule has 0 saturated heterocycles. The van der Waals surface area contributed by atoms with E-state index < -0.39 is 0 Å². The second-order valence-corrected chi connectivity index (χ2v) is 5.98. The summed E-state index contributed by atoms with van der Waals surface area (Å²) in [6, 6.07) is 7.15. The molecule has 0 radical (unpaired) electrons. The highest BCUT2D eigenvalue weighted by Gasteiger charge is 2.30. The van der Waals surface area contributed by atoms with Crippen LogP contribution in [-0.2, 0) is 0 Å². The van der Waals surface area contributed by atoms with Crippen LogP contribution in [0.4, 0.5) is 4.39 Å². The molecule has 21 heavy (non-hydrogen) atoms. The predicted molar refractivity (Wildman–Crippen MR) is 87.8 cm³/mol. The lowest BCUT2D eigenvalue weighted by molar-refractivity contribution is 0.107. The van der Waals surface area contributed by atoms with Gasteiger partial charge in [-0.1, -0.05) is 32.0 Å². The third-order valence-electron chi connectivity index (χ3n) is 4.02. The molecule has 0 heterocycles. The maximum atomic E-state index is 14.3. The maximum absolute atomic E-state index is 14.3. The van der Waals surface area contributed by atoms with Crippen LogP contribution >= 0.6 is 0 Å². The van der Waals surface area contributed by atoms with Gasteiger partial charge in [-0.25, -0.2) is 4.39 Å². The van der Waals surface area contributed by atoms with E-state index in [4.69, 9.17) is 5.73 Å². The van der Waals surface area contributed by atoms with E-state index in [2.05, 4.69) is 44.7 Å². The number of likely N-dealkylation sites (N-methyl/N-ethyl adjacent to an activating group) is 2. The molecule has 1 aromatic rings. The van der Waals surface area contributed by atoms with Gasteiger partial charge in [-0.3, -0.25) is 4.90 Å². The molecular formula is C17H30FN3. The molecule has 0 amide bonds. The summed E-state index contributed by atoms with van der Waals surface area (Å²) in [4.78, 5) is 4.47. The zero-order chi connectivity index (χ0) is 16.0. The molecule has 2 N–H and O–H groups in total. The first-order valence-corrected chi connectivity index (χ1v) is 7.82. The highest BCUT2D eigenvalue weighted by atomic mass is 19.1. The normalized spacial score (nSPS) is 16.2. The number of benzene rings is 1. The van der Waals surface area contributed by atoms with Gasteiger partial charge in [0, 0.05) is 24.2 Å². The number of nitrogens with zero attached hydrogens (tertiary/aromatic N) is 2. The topological polar surface area (TPSA) is 32.5 Å². The van der Waals surface area contributed by atoms with E-state index in [9.17, 15) is 4.39 Å². The SMILES string of the molecule is CCC(N)C(c1ccccc1F)N(CC)C(C)CN(C)C. The van der Waals surface area contributed by atoms with Crippen molar-refractivity contribution >= 4 is 0 Å². The molecule has 0 bridgehead atoms. The lowest BCUT2D eigenvalue weighted by Gasteiger charge is -2.40. The molecule has 0 saturated carbocycles. The molecule has 0 aliphatic heterocycles. The van der Waals surface area contributed by atoms with Crippen LogP contribution in [0.25, 0.3) is 0 Å². The molecule has 3 unspecified atom stereocenters. The summed E-state index contributed by atoms with van der Waals surface area (Å²) >= 11 is 0. The van der Waals surface area contributed by atoms with E-state index in [1.54, 1.807) is 6.07 Å². The third-order valence-corrected chi connectivity index (χ3v) is 4.02. The van der Waals surface area contributed by atoms with Crippen molar-refractivity contribution in [1.82, 2.24) is 9.80 Å². The smallest absolute Gasteiger partial charge is 0.128 e. The van der Waals surface area contributed by atoms with Crippen molar-refractivity contribution in [3.63, 3.8) is 0 Å². The van der Waals surface area contributed by atoms with Gasteiger partial charge in [-0.2, -0.15) is 0 Å². The minimum absolute atomic E-state index is 0.0773. The Morgan fingerprint density at radius 3 is 2.29 bits per heavy atom. The number of hydrogen-bond acceptors (Lipinski definition) is 3. The lowest BCUT2D eigenvalue weighted by atomic mass is 9.94. The molecule has 0 fully saturated rings. The predicted octanol–water partition coefficient (Wildman–Crippen LogP) is 2.88. The standard InChI is InChI=1S/C17H30FN3/c1-6-16(19)17(14-10-8-9-11-15(14)18)21(7-2)13(3)12-20(4)5/h8-11,13,16-17H,6-7,12,19H2,1-5H3. The first-order chi connectivity index (χ1) is 9.92. The van der Waals surface area contributed by atoms with Crippen LogP contribution in [0.1, 0.15) is 38.8 Å². The maximum Gasteiger partial charge on any atom is 0.128 e. The zero-order valence-electron chi connectivity index (χ0n) is 14.0. The van der Waals surface area contributed by atoms with E-state index in [1.165, 1.54) is 6.07 Å². The Morgan fingerprint density at radius 1 is 1.19 bits per heavy atom. The van der Waals surface area contributed by atoms with Gasteiger partial charge in [-0.05, 0) is 40.1 Å². The summed E-state index contributed by atoms with van der Waals surface area (Å²) in [5.41, 5.74) is 7.05. The van der Waals surface area contributed by atoms with Crippen molar-refractivity contribution in [2.24, 2.45) is 5.73 Å². The Bertz CT molecular complexity index is 422. The average Bonchev–Trinajstić information content (AvgIpc) is 2.44. The van der Waals surface area contributed by atoms with Crippen molar-refractivity contribution in [3.05, 3.63) is 35.6 Å². The molecule has 0 spiro atoms. The van der Waals surface area contributed by atoms with E-state index in [-0.39, 0.29) is 17.9 Å². The highest BCUT2D eigenvalue weighted by Crippen LogP contribution is 2.29. The van der Waals surface area contributed by atoms with Crippen molar-refractivity contribution in [2.75, 3.05) is 27.2 Å².